The van der Waals surface area contributed by atoms with Crippen LogP contribution in [-0.2, 0) is 4.79 Å². The van der Waals surface area contributed by atoms with Gasteiger partial charge < -0.3 is 4.74 Å². The number of carbonyl (C=O) groups excluding carboxylic acids is 1. The van der Waals surface area contributed by atoms with Crippen molar-refractivity contribution in [2.75, 3.05) is 6.61 Å². The molecule has 0 radical (unpaired) electrons. The second-order valence-corrected chi connectivity index (χ2v) is 5.19. The van der Waals surface area contributed by atoms with E-state index in [1.165, 1.54) is 0 Å². The zero-order valence-electron chi connectivity index (χ0n) is 13.1. The molecule has 0 saturated carbocycles. The van der Waals surface area contributed by atoms with Gasteiger partial charge in [-0.15, -0.1) is 0 Å². The van der Waals surface area contributed by atoms with Crippen LogP contribution in [0.1, 0.15) is 22.3 Å². The minimum Gasteiger partial charge on any atom is -0.483 e. The second-order valence-electron chi connectivity index (χ2n) is 5.19. The van der Waals surface area contributed by atoms with E-state index in [4.69, 9.17) is 4.74 Å². The first kappa shape index (κ1) is 15.8. The fourth-order valence-corrected chi connectivity index (χ4v) is 1.99. The summed E-state index contributed by atoms with van der Waals surface area (Å²) in [4.78, 5) is 11.7. The van der Waals surface area contributed by atoms with Gasteiger partial charge in [-0.2, -0.15) is 5.10 Å². The molecule has 2 aromatic carbocycles. The Morgan fingerprint density at radius 3 is 2.73 bits per heavy atom. The summed E-state index contributed by atoms with van der Waals surface area (Å²) in [5, 5.41) is 3.93. The SMILES string of the molecule is Cc1cccc(/C=N/NC(=O)COc2cccc(C)c2C)c1. The van der Waals surface area contributed by atoms with Crippen LogP contribution >= 0.6 is 0 Å². The Labute approximate surface area is 130 Å². The molecule has 2 rings (SSSR count). The zero-order valence-corrected chi connectivity index (χ0v) is 13.1. The Kier molecular flexibility index (Phi) is 5.31. The number of hydrogen-bond donors (Lipinski definition) is 1. The van der Waals surface area contributed by atoms with Crippen LogP contribution in [0.2, 0.25) is 0 Å². The van der Waals surface area contributed by atoms with Gasteiger partial charge in [0.25, 0.3) is 5.91 Å². The lowest BCUT2D eigenvalue weighted by Gasteiger charge is -2.09. The van der Waals surface area contributed by atoms with Crippen molar-refractivity contribution in [1.29, 1.82) is 0 Å². The molecule has 0 saturated heterocycles. The van der Waals surface area contributed by atoms with E-state index >= 15 is 0 Å². The number of rotatable bonds is 5. The van der Waals surface area contributed by atoms with E-state index in [2.05, 4.69) is 10.5 Å². The predicted molar refractivity (Wildman–Crippen MR) is 88.3 cm³/mol. The number of amides is 1. The molecule has 1 amide bonds. The van der Waals surface area contributed by atoms with Crippen molar-refractivity contribution in [1.82, 2.24) is 5.43 Å². The van der Waals surface area contributed by atoms with Gasteiger partial charge >= 0.3 is 0 Å². The summed E-state index contributed by atoms with van der Waals surface area (Å²) in [7, 11) is 0. The summed E-state index contributed by atoms with van der Waals surface area (Å²) < 4.78 is 5.52. The highest BCUT2D eigenvalue weighted by Crippen LogP contribution is 2.20. The smallest absolute Gasteiger partial charge is 0.277 e. The van der Waals surface area contributed by atoms with Gasteiger partial charge in [0, 0.05) is 0 Å². The molecule has 0 spiro atoms. The van der Waals surface area contributed by atoms with Crippen LogP contribution in [-0.4, -0.2) is 18.7 Å². The molecular formula is C18H20N2O2. The lowest BCUT2D eigenvalue weighted by molar-refractivity contribution is -0.123. The van der Waals surface area contributed by atoms with Crippen molar-refractivity contribution < 1.29 is 9.53 Å². The van der Waals surface area contributed by atoms with Gasteiger partial charge in [0.1, 0.15) is 5.75 Å². The molecule has 0 fully saturated rings. The quantitative estimate of drug-likeness (QED) is 0.680. The fraction of sp³-hybridized carbons (Fsp3) is 0.222. The topological polar surface area (TPSA) is 50.7 Å². The van der Waals surface area contributed by atoms with E-state index < -0.39 is 0 Å². The molecule has 0 heterocycles. The van der Waals surface area contributed by atoms with Gasteiger partial charge in [0.2, 0.25) is 0 Å². The molecule has 4 nitrogen and oxygen atoms in total. The van der Waals surface area contributed by atoms with Crippen LogP contribution in [0.25, 0.3) is 0 Å². The maximum atomic E-state index is 11.7. The van der Waals surface area contributed by atoms with Crippen LogP contribution in [0, 0.1) is 20.8 Å². The van der Waals surface area contributed by atoms with Gasteiger partial charge in [-0.25, -0.2) is 5.43 Å². The maximum absolute atomic E-state index is 11.7. The summed E-state index contributed by atoms with van der Waals surface area (Å²) in [5.41, 5.74) is 6.72. The second kappa shape index (κ2) is 7.41. The molecule has 0 aliphatic heterocycles. The number of nitrogens with zero attached hydrogens (tertiary/aromatic N) is 1. The summed E-state index contributed by atoms with van der Waals surface area (Å²) >= 11 is 0. The van der Waals surface area contributed by atoms with Crippen molar-refractivity contribution in [3.8, 4) is 5.75 Å². The summed E-state index contributed by atoms with van der Waals surface area (Å²) in [6.45, 7) is 5.93. The number of aryl methyl sites for hydroxylation is 2. The highest BCUT2D eigenvalue weighted by atomic mass is 16.5. The third-order valence-electron chi connectivity index (χ3n) is 3.36. The van der Waals surface area contributed by atoms with Gasteiger partial charge in [-0.1, -0.05) is 42.0 Å². The van der Waals surface area contributed by atoms with Crippen LogP contribution in [0.15, 0.2) is 47.6 Å². The number of carbonyl (C=O) groups is 1. The van der Waals surface area contributed by atoms with E-state index in [-0.39, 0.29) is 12.5 Å². The molecule has 0 aromatic heterocycles. The maximum Gasteiger partial charge on any atom is 0.277 e. The molecule has 0 aliphatic rings. The van der Waals surface area contributed by atoms with Gasteiger partial charge in [-0.3, -0.25) is 4.79 Å². The highest BCUT2D eigenvalue weighted by molar-refractivity contribution is 5.83. The van der Waals surface area contributed by atoms with Crippen molar-refractivity contribution in [3.05, 3.63) is 64.7 Å². The Hall–Kier alpha value is -2.62. The summed E-state index contributed by atoms with van der Waals surface area (Å²) in [6.07, 6.45) is 1.61. The Balaban J connectivity index is 1.84. The molecule has 0 aliphatic carbocycles. The van der Waals surface area contributed by atoms with E-state index in [9.17, 15) is 4.79 Å². The number of ether oxygens (including phenoxy) is 1. The van der Waals surface area contributed by atoms with E-state index in [0.717, 1.165) is 28.0 Å². The number of hydrogen-bond acceptors (Lipinski definition) is 3. The molecule has 2 aromatic rings. The van der Waals surface area contributed by atoms with Crippen LogP contribution < -0.4 is 10.2 Å². The Morgan fingerprint density at radius 1 is 1.18 bits per heavy atom. The third-order valence-corrected chi connectivity index (χ3v) is 3.36. The highest BCUT2D eigenvalue weighted by Gasteiger charge is 2.05. The average molecular weight is 296 g/mol. The number of benzene rings is 2. The number of nitrogens with one attached hydrogen (secondary N) is 1. The lowest BCUT2D eigenvalue weighted by atomic mass is 10.1. The molecule has 22 heavy (non-hydrogen) atoms. The molecule has 114 valence electrons. The van der Waals surface area contributed by atoms with Crippen LogP contribution in [0.3, 0.4) is 0 Å². The summed E-state index contributed by atoms with van der Waals surface area (Å²) in [6, 6.07) is 13.6. The molecule has 0 unspecified atom stereocenters. The average Bonchev–Trinajstić information content (AvgIpc) is 2.49. The largest absolute Gasteiger partial charge is 0.483 e. The fourth-order valence-electron chi connectivity index (χ4n) is 1.99. The molecule has 4 heteroatoms. The summed E-state index contributed by atoms with van der Waals surface area (Å²) in [5.74, 6) is 0.433. The lowest BCUT2D eigenvalue weighted by Crippen LogP contribution is -2.24. The Bertz CT molecular complexity index is 693. The zero-order chi connectivity index (χ0) is 15.9. The van der Waals surface area contributed by atoms with Crippen molar-refractivity contribution in [3.63, 3.8) is 0 Å². The molecular weight excluding hydrogens is 276 g/mol. The first-order valence-corrected chi connectivity index (χ1v) is 7.14. The third kappa shape index (κ3) is 4.45. The van der Waals surface area contributed by atoms with Crippen LogP contribution in [0.5, 0.6) is 5.75 Å². The normalized spacial score (nSPS) is 10.7. The first-order chi connectivity index (χ1) is 10.6. The minimum atomic E-state index is -0.287. The van der Waals surface area contributed by atoms with Gasteiger partial charge in [0.05, 0.1) is 6.21 Å². The molecule has 0 atom stereocenters. The van der Waals surface area contributed by atoms with E-state index in [1.807, 2.05) is 63.2 Å². The standard InChI is InChI=1S/C18H20N2O2/c1-13-6-4-8-16(10-13)11-19-20-18(21)12-22-17-9-5-7-14(2)15(17)3/h4-11H,12H2,1-3H3,(H,20,21)/b19-11+. The van der Waals surface area contributed by atoms with E-state index in [1.54, 1.807) is 6.21 Å². The van der Waals surface area contributed by atoms with Crippen molar-refractivity contribution >= 4 is 12.1 Å². The molecule has 0 bridgehead atoms. The Morgan fingerprint density at radius 2 is 1.95 bits per heavy atom. The minimum absolute atomic E-state index is 0.0601. The molecule has 1 N–H and O–H groups in total. The monoisotopic (exact) mass is 296 g/mol. The number of hydrazone groups is 1. The predicted octanol–water partition coefficient (Wildman–Crippen LogP) is 3.14. The van der Waals surface area contributed by atoms with Crippen LogP contribution in [0.4, 0.5) is 0 Å². The van der Waals surface area contributed by atoms with Crippen molar-refractivity contribution in [2.24, 2.45) is 5.10 Å². The van der Waals surface area contributed by atoms with Gasteiger partial charge in [0.15, 0.2) is 6.61 Å². The van der Waals surface area contributed by atoms with Crippen molar-refractivity contribution in [2.45, 2.75) is 20.8 Å². The first-order valence-electron chi connectivity index (χ1n) is 7.14. The van der Waals surface area contributed by atoms with E-state index in [0.29, 0.717) is 0 Å². The van der Waals surface area contributed by atoms with Gasteiger partial charge in [-0.05, 0) is 43.5 Å².